The van der Waals surface area contributed by atoms with Crippen LogP contribution in [0.3, 0.4) is 0 Å². The summed E-state index contributed by atoms with van der Waals surface area (Å²) in [5.74, 6) is -1.61. The number of nitrogen functional groups attached to an aromatic ring is 1. The summed E-state index contributed by atoms with van der Waals surface area (Å²) in [7, 11) is -4.15. The fourth-order valence-electron chi connectivity index (χ4n) is 5.03. The van der Waals surface area contributed by atoms with E-state index < -0.39 is 22.0 Å². The SMILES string of the molecule is N=C(N)c1ccc2[nH]c(-c3cc(CC(=O)N4CCC[C@@H]4C(N)=O)cc(-c4cc(S(N)(=O)=O)ccc4O)c3O)nc2c1. The van der Waals surface area contributed by atoms with Gasteiger partial charge in [-0.25, -0.2) is 18.5 Å². The van der Waals surface area contributed by atoms with E-state index in [1.807, 2.05) is 0 Å². The normalized spacial score (nSPS) is 15.3. The Labute approximate surface area is 234 Å². The quantitative estimate of drug-likeness (QED) is 0.124. The first-order valence-electron chi connectivity index (χ1n) is 12.5. The van der Waals surface area contributed by atoms with Gasteiger partial charge in [-0.3, -0.25) is 15.0 Å². The molecule has 0 radical (unpaired) electrons. The average Bonchev–Trinajstić information content (AvgIpc) is 3.56. The Balaban J connectivity index is 1.67. The molecule has 4 aromatic rings. The number of amides is 2. The van der Waals surface area contributed by atoms with Crippen molar-refractivity contribution in [2.45, 2.75) is 30.2 Å². The predicted molar refractivity (Wildman–Crippen MR) is 150 cm³/mol. The zero-order valence-corrected chi connectivity index (χ0v) is 22.4. The summed E-state index contributed by atoms with van der Waals surface area (Å²) >= 11 is 0. The number of aromatic amines is 1. The maximum Gasteiger partial charge on any atom is 0.240 e. The van der Waals surface area contributed by atoms with E-state index in [9.17, 15) is 28.2 Å². The van der Waals surface area contributed by atoms with Crippen LogP contribution in [0.4, 0.5) is 0 Å². The van der Waals surface area contributed by atoms with Crippen LogP contribution in [0.25, 0.3) is 33.5 Å². The Hall–Kier alpha value is -4.95. The van der Waals surface area contributed by atoms with E-state index in [2.05, 4.69) is 9.97 Å². The van der Waals surface area contributed by atoms with Crippen LogP contribution in [0.5, 0.6) is 11.5 Å². The lowest BCUT2D eigenvalue weighted by atomic mass is 9.95. The summed E-state index contributed by atoms with van der Waals surface area (Å²) in [6.45, 7) is 0.365. The Kier molecular flexibility index (Phi) is 6.88. The number of hydrogen-bond acceptors (Lipinski definition) is 8. The highest BCUT2D eigenvalue weighted by molar-refractivity contribution is 7.89. The van der Waals surface area contributed by atoms with Gasteiger partial charge >= 0.3 is 0 Å². The maximum absolute atomic E-state index is 13.3. The number of phenolic OH excluding ortho intramolecular Hbond substituents is 2. The highest BCUT2D eigenvalue weighted by Gasteiger charge is 2.33. The molecule has 3 aromatic carbocycles. The molecule has 1 aromatic heterocycles. The monoisotopic (exact) mass is 577 g/mol. The van der Waals surface area contributed by atoms with Gasteiger partial charge in [0.1, 0.15) is 29.2 Å². The highest BCUT2D eigenvalue weighted by atomic mass is 32.2. The van der Waals surface area contributed by atoms with E-state index >= 15 is 0 Å². The molecule has 13 nitrogen and oxygen atoms in total. The average molecular weight is 578 g/mol. The number of carbonyl (C=O) groups excluding carboxylic acids is 2. The van der Waals surface area contributed by atoms with Crippen molar-refractivity contribution in [2.24, 2.45) is 16.6 Å². The number of nitrogens with zero attached hydrogens (tertiary/aromatic N) is 2. The van der Waals surface area contributed by atoms with E-state index in [4.69, 9.17) is 22.0 Å². The van der Waals surface area contributed by atoms with E-state index in [0.29, 0.717) is 41.5 Å². The van der Waals surface area contributed by atoms with Gasteiger partial charge in [0, 0.05) is 23.2 Å². The number of aromatic nitrogens is 2. The number of aromatic hydroxyl groups is 2. The number of carbonyl (C=O) groups is 2. The molecule has 0 saturated carbocycles. The zero-order chi connectivity index (χ0) is 29.6. The molecule has 0 spiro atoms. The number of nitrogens with one attached hydrogen (secondary N) is 2. The van der Waals surface area contributed by atoms with Gasteiger partial charge in [0.15, 0.2) is 0 Å². The molecular formula is C27H27N7O6S. The number of phenols is 2. The Morgan fingerprint density at radius 2 is 1.78 bits per heavy atom. The Morgan fingerprint density at radius 1 is 1.05 bits per heavy atom. The minimum absolute atomic E-state index is 0.0195. The molecule has 0 bridgehead atoms. The van der Waals surface area contributed by atoms with Crippen molar-refractivity contribution < 1.29 is 28.2 Å². The summed E-state index contributed by atoms with van der Waals surface area (Å²) in [4.78, 5) is 33.9. The molecule has 2 heterocycles. The van der Waals surface area contributed by atoms with E-state index in [-0.39, 0.29) is 57.1 Å². The number of likely N-dealkylation sites (tertiary alicyclic amines) is 1. The van der Waals surface area contributed by atoms with Gasteiger partial charge in [-0.15, -0.1) is 0 Å². The van der Waals surface area contributed by atoms with Crippen LogP contribution in [0.2, 0.25) is 0 Å². The molecule has 1 aliphatic heterocycles. The maximum atomic E-state index is 13.3. The smallest absolute Gasteiger partial charge is 0.240 e. The van der Waals surface area contributed by atoms with Crippen LogP contribution >= 0.6 is 0 Å². The molecule has 0 aliphatic carbocycles. The molecule has 14 heteroatoms. The number of fused-ring (bicyclic) bond motifs is 1. The van der Waals surface area contributed by atoms with Crippen molar-refractivity contribution in [1.29, 1.82) is 5.41 Å². The van der Waals surface area contributed by atoms with Gasteiger partial charge in [-0.2, -0.15) is 0 Å². The Morgan fingerprint density at radius 3 is 2.46 bits per heavy atom. The van der Waals surface area contributed by atoms with Crippen molar-refractivity contribution in [1.82, 2.24) is 14.9 Å². The van der Waals surface area contributed by atoms with Crippen LogP contribution in [0, 0.1) is 5.41 Å². The van der Waals surface area contributed by atoms with Gasteiger partial charge in [0.2, 0.25) is 21.8 Å². The number of nitrogens with two attached hydrogens (primary N) is 3. The first-order chi connectivity index (χ1) is 19.3. The van der Waals surface area contributed by atoms with Gasteiger partial charge in [0.05, 0.1) is 27.9 Å². The summed E-state index contributed by atoms with van der Waals surface area (Å²) in [5.41, 5.74) is 13.1. The summed E-state index contributed by atoms with van der Waals surface area (Å²) in [6.07, 6.45) is 0.901. The molecule has 1 saturated heterocycles. The number of amidine groups is 1. The predicted octanol–water partition coefficient (Wildman–Crippen LogP) is 1.26. The number of primary amides is 1. The van der Waals surface area contributed by atoms with E-state index in [1.165, 1.54) is 17.0 Å². The molecule has 10 N–H and O–H groups in total. The second-order valence-corrected chi connectivity index (χ2v) is 11.4. The summed E-state index contributed by atoms with van der Waals surface area (Å²) < 4.78 is 24.1. The lowest BCUT2D eigenvalue weighted by molar-refractivity contribution is -0.136. The van der Waals surface area contributed by atoms with Gasteiger partial charge in [-0.1, -0.05) is 0 Å². The van der Waals surface area contributed by atoms with Crippen molar-refractivity contribution in [2.75, 3.05) is 6.54 Å². The first kappa shape index (κ1) is 27.6. The van der Waals surface area contributed by atoms with Crippen molar-refractivity contribution in [3.05, 3.63) is 59.7 Å². The molecule has 1 fully saturated rings. The molecule has 1 atom stereocenters. The topological polar surface area (TPSA) is 243 Å². The van der Waals surface area contributed by atoms with Crippen LogP contribution in [-0.2, 0) is 26.0 Å². The van der Waals surface area contributed by atoms with Crippen LogP contribution < -0.4 is 16.6 Å². The van der Waals surface area contributed by atoms with Crippen molar-refractivity contribution in [3.8, 4) is 34.0 Å². The van der Waals surface area contributed by atoms with E-state index in [0.717, 1.165) is 18.2 Å². The molecule has 1 aliphatic rings. The zero-order valence-electron chi connectivity index (χ0n) is 21.6. The minimum atomic E-state index is -4.15. The van der Waals surface area contributed by atoms with Crippen molar-refractivity contribution in [3.63, 3.8) is 0 Å². The van der Waals surface area contributed by atoms with Crippen LogP contribution in [0.15, 0.2) is 53.4 Å². The third-order valence-corrected chi connectivity index (χ3v) is 7.97. The lowest BCUT2D eigenvalue weighted by Crippen LogP contribution is -2.44. The van der Waals surface area contributed by atoms with Gasteiger partial charge in [-0.05, 0) is 66.9 Å². The second kappa shape index (κ2) is 10.2. The highest BCUT2D eigenvalue weighted by Crippen LogP contribution is 2.43. The fourth-order valence-corrected chi connectivity index (χ4v) is 5.57. The minimum Gasteiger partial charge on any atom is -0.507 e. The van der Waals surface area contributed by atoms with Gasteiger partial charge in [0.25, 0.3) is 0 Å². The number of benzene rings is 3. The number of H-pyrrole nitrogens is 1. The number of primary sulfonamides is 1. The first-order valence-corrected chi connectivity index (χ1v) is 14.0. The summed E-state index contributed by atoms with van der Waals surface area (Å²) in [6, 6.07) is 10.6. The molecule has 2 amide bonds. The lowest BCUT2D eigenvalue weighted by Gasteiger charge is -2.22. The van der Waals surface area contributed by atoms with Crippen LogP contribution in [-0.4, -0.2) is 63.7 Å². The number of imidazole rings is 1. The number of hydrogen-bond donors (Lipinski definition) is 7. The summed E-state index contributed by atoms with van der Waals surface area (Å²) in [5, 5.41) is 35.0. The fraction of sp³-hybridized carbons (Fsp3) is 0.185. The molecular weight excluding hydrogens is 550 g/mol. The number of rotatable bonds is 7. The third-order valence-electron chi connectivity index (χ3n) is 7.06. The molecule has 5 rings (SSSR count). The Bertz CT molecular complexity index is 1850. The van der Waals surface area contributed by atoms with Crippen molar-refractivity contribution >= 4 is 38.7 Å². The second-order valence-electron chi connectivity index (χ2n) is 9.82. The third kappa shape index (κ3) is 5.29. The standard InChI is InChI=1S/C27H27N7O6S/c28-25(29)14-3-5-19-20(11-14)33-27(32-19)18-9-13(10-23(36)34-7-1-2-21(34)26(30)38)8-17(24(18)37)16-12-15(41(31,39)40)4-6-22(16)35/h3-6,8-9,11-12,21,35,37H,1-2,7,10H2,(H3,28,29)(H2,30,38)(H,32,33)(H2,31,39,40)/t21-/m1/s1. The molecule has 212 valence electrons. The van der Waals surface area contributed by atoms with Crippen LogP contribution in [0.1, 0.15) is 24.0 Å². The number of sulfonamides is 1. The van der Waals surface area contributed by atoms with Gasteiger partial charge < -0.3 is 31.6 Å². The largest absolute Gasteiger partial charge is 0.507 e. The molecule has 0 unspecified atom stereocenters. The molecule has 41 heavy (non-hydrogen) atoms. The van der Waals surface area contributed by atoms with E-state index in [1.54, 1.807) is 18.2 Å².